The average Bonchev–Trinajstić information content (AvgIpc) is 2.70. The van der Waals surface area contributed by atoms with Crippen molar-refractivity contribution < 1.29 is 24.1 Å². The molecule has 0 bridgehead atoms. The van der Waals surface area contributed by atoms with E-state index in [4.69, 9.17) is 14.2 Å². The Bertz CT molecular complexity index is 800. The summed E-state index contributed by atoms with van der Waals surface area (Å²) in [5, 5.41) is 10.6. The first kappa shape index (κ1) is 19.1. The van der Waals surface area contributed by atoms with Crippen LogP contribution in [0.1, 0.15) is 29.5 Å². The van der Waals surface area contributed by atoms with Gasteiger partial charge in [-0.3, -0.25) is 4.79 Å². The van der Waals surface area contributed by atoms with Crippen molar-refractivity contribution >= 4 is 12.0 Å². The zero-order valence-electron chi connectivity index (χ0n) is 15.5. The highest BCUT2D eigenvalue weighted by atomic mass is 16.5. The van der Waals surface area contributed by atoms with E-state index in [0.29, 0.717) is 6.61 Å². The number of esters is 1. The molecule has 3 rings (SSSR count). The van der Waals surface area contributed by atoms with E-state index in [2.05, 4.69) is 0 Å². The van der Waals surface area contributed by atoms with Crippen molar-refractivity contribution in [2.75, 3.05) is 13.7 Å². The lowest BCUT2D eigenvalue weighted by Crippen LogP contribution is -2.40. The Labute approximate surface area is 159 Å². The van der Waals surface area contributed by atoms with Crippen molar-refractivity contribution in [2.24, 2.45) is 0 Å². The molecule has 27 heavy (non-hydrogen) atoms. The minimum Gasteiger partial charge on any atom is -0.497 e. The van der Waals surface area contributed by atoms with Crippen LogP contribution in [-0.2, 0) is 20.9 Å². The molecule has 1 heterocycles. The number of aliphatic hydroxyl groups excluding tert-OH is 1. The number of benzene rings is 2. The fourth-order valence-electron chi connectivity index (χ4n) is 3.27. The van der Waals surface area contributed by atoms with Gasteiger partial charge in [-0.05, 0) is 28.8 Å². The molecule has 2 aromatic carbocycles. The highest BCUT2D eigenvalue weighted by molar-refractivity contribution is 5.65. The smallest absolute Gasteiger partial charge is 0.302 e. The first-order valence-corrected chi connectivity index (χ1v) is 8.91. The second-order valence-corrected chi connectivity index (χ2v) is 6.51. The van der Waals surface area contributed by atoms with Crippen molar-refractivity contribution in [3.63, 3.8) is 0 Å². The van der Waals surface area contributed by atoms with Crippen LogP contribution in [0.15, 0.2) is 54.6 Å². The minimum atomic E-state index is -0.922. The average molecular weight is 368 g/mol. The van der Waals surface area contributed by atoms with Gasteiger partial charge in [-0.25, -0.2) is 0 Å². The summed E-state index contributed by atoms with van der Waals surface area (Å²) in [6, 6.07) is 15.8. The first-order chi connectivity index (χ1) is 13.1. The van der Waals surface area contributed by atoms with Crippen LogP contribution in [0.3, 0.4) is 0 Å². The highest BCUT2D eigenvalue weighted by Crippen LogP contribution is 2.36. The molecule has 0 amide bonds. The lowest BCUT2D eigenvalue weighted by Gasteiger charge is -2.35. The van der Waals surface area contributed by atoms with Crippen molar-refractivity contribution in [1.82, 2.24) is 0 Å². The van der Waals surface area contributed by atoms with E-state index in [1.54, 1.807) is 7.11 Å². The summed E-state index contributed by atoms with van der Waals surface area (Å²) in [5.74, 6) is 0.166. The molecule has 1 aliphatic heterocycles. The molecule has 5 heteroatoms. The van der Waals surface area contributed by atoms with Gasteiger partial charge in [0, 0.05) is 12.8 Å². The van der Waals surface area contributed by atoms with Gasteiger partial charge in [0.2, 0.25) is 0 Å². The lowest BCUT2D eigenvalue weighted by atomic mass is 9.84. The van der Waals surface area contributed by atoms with Crippen molar-refractivity contribution in [3.05, 3.63) is 71.3 Å². The lowest BCUT2D eigenvalue weighted by molar-refractivity contribution is -0.149. The van der Waals surface area contributed by atoms with Crippen molar-refractivity contribution in [2.45, 2.75) is 31.7 Å². The van der Waals surface area contributed by atoms with Gasteiger partial charge in [0.05, 0.1) is 19.8 Å². The quantitative estimate of drug-likeness (QED) is 0.793. The van der Waals surface area contributed by atoms with Gasteiger partial charge in [0.25, 0.3) is 0 Å². The molecule has 0 fully saturated rings. The third kappa shape index (κ3) is 4.76. The summed E-state index contributed by atoms with van der Waals surface area (Å²) in [7, 11) is 1.63. The van der Waals surface area contributed by atoms with Crippen LogP contribution in [-0.4, -0.2) is 37.0 Å². The maximum absolute atomic E-state index is 11.1. The topological polar surface area (TPSA) is 65.0 Å². The number of ether oxygens (including phenoxy) is 3. The van der Waals surface area contributed by atoms with Crippen LogP contribution in [0.5, 0.6) is 5.75 Å². The van der Waals surface area contributed by atoms with Crippen LogP contribution in [0.4, 0.5) is 0 Å². The molecule has 142 valence electrons. The molecular formula is C22H24O5. The van der Waals surface area contributed by atoms with Crippen molar-refractivity contribution in [3.8, 4) is 5.75 Å². The number of fused-ring (bicyclic) bond motifs is 1. The molecule has 0 aliphatic carbocycles. The van der Waals surface area contributed by atoms with Gasteiger partial charge in [-0.1, -0.05) is 48.6 Å². The normalized spacial score (nSPS) is 20.1. The molecule has 3 atom stereocenters. The van der Waals surface area contributed by atoms with E-state index in [-0.39, 0.29) is 12.5 Å². The number of carbonyl (C=O) groups excluding carboxylic acids is 1. The fraction of sp³-hybridized carbons (Fsp3) is 0.318. The van der Waals surface area contributed by atoms with E-state index >= 15 is 0 Å². The Balaban J connectivity index is 1.90. The third-order valence-corrected chi connectivity index (χ3v) is 4.63. The number of methoxy groups -OCH3 is 1. The summed E-state index contributed by atoms with van der Waals surface area (Å²) in [6.45, 7) is 1.59. The fourth-order valence-corrected chi connectivity index (χ4v) is 3.27. The maximum atomic E-state index is 11.1. The van der Waals surface area contributed by atoms with Crippen LogP contribution >= 0.6 is 0 Å². The second kappa shape index (κ2) is 8.84. The number of carbonyl (C=O) groups is 1. The number of rotatable bonds is 6. The van der Waals surface area contributed by atoms with Crippen LogP contribution in [0.25, 0.3) is 6.08 Å². The Morgan fingerprint density at radius 2 is 2.07 bits per heavy atom. The SMILES string of the molecule is COc1ccc2c(c1)CO[C@H]([C@H](O)COC(C)=O)[C@H]2/C=C/c1ccccc1. The molecule has 0 radical (unpaired) electrons. The largest absolute Gasteiger partial charge is 0.497 e. The predicted octanol–water partition coefficient (Wildman–Crippen LogP) is 3.32. The zero-order valence-corrected chi connectivity index (χ0v) is 15.5. The van der Waals surface area contributed by atoms with Gasteiger partial charge >= 0.3 is 5.97 Å². The minimum absolute atomic E-state index is 0.0961. The standard InChI is InChI=1S/C22H24O5/c1-15(23)26-14-21(24)22-20(10-8-16-6-4-3-5-7-16)19-11-9-18(25-2)12-17(19)13-27-22/h3-12,20-22,24H,13-14H2,1-2H3/b10-8+/t20-,21+,22-/m0/s1. The summed E-state index contributed by atoms with van der Waals surface area (Å²) in [5.41, 5.74) is 3.15. The molecule has 0 spiro atoms. The Morgan fingerprint density at radius 3 is 2.78 bits per heavy atom. The van der Waals surface area contributed by atoms with Crippen LogP contribution in [0.2, 0.25) is 0 Å². The number of aliphatic hydroxyl groups is 1. The monoisotopic (exact) mass is 368 g/mol. The maximum Gasteiger partial charge on any atom is 0.302 e. The second-order valence-electron chi connectivity index (χ2n) is 6.51. The molecule has 1 aliphatic rings. The molecule has 5 nitrogen and oxygen atoms in total. The summed E-state index contributed by atoms with van der Waals surface area (Å²) >= 11 is 0. The molecule has 1 N–H and O–H groups in total. The molecule has 0 saturated carbocycles. The predicted molar refractivity (Wildman–Crippen MR) is 102 cm³/mol. The van der Waals surface area contributed by atoms with E-state index in [0.717, 1.165) is 22.4 Å². The summed E-state index contributed by atoms with van der Waals surface area (Å²) < 4.78 is 16.2. The van der Waals surface area contributed by atoms with Gasteiger partial charge in [0.15, 0.2) is 0 Å². The summed E-state index contributed by atoms with van der Waals surface area (Å²) in [6.07, 6.45) is 2.61. The molecule has 0 aromatic heterocycles. The molecule has 2 aromatic rings. The molecular weight excluding hydrogens is 344 g/mol. The van der Waals surface area contributed by atoms with Crippen molar-refractivity contribution in [1.29, 1.82) is 0 Å². The van der Waals surface area contributed by atoms with Gasteiger partial charge < -0.3 is 19.3 Å². The summed E-state index contributed by atoms with van der Waals surface area (Å²) in [4.78, 5) is 11.1. The van der Waals surface area contributed by atoms with Crippen LogP contribution < -0.4 is 4.74 Å². The van der Waals surface area contributed by atoms with Gasteiger partial charge in [-0.15, -0.1) is 0 Å². The molecule has 0 saturated heterocycles. The van der Waals surface area contributed by atoms with Gasteiger partial charge in [-0.2, -0.15) is 0 Å². The third-order valence-electron chi connectivity index (χ3n) is 4.63. The Hall–Kier alpha value is -2.63. The number of hydrogen-bond acceptors (Lipinski definition) is 5. The first-order valence-electron chi connectivity index (χ1n) is 8.91. The zero-order chi connectivity index (χ0) is 19.2. The van der Waals surface area contributed by atoms with E-state index in [9.17, 15) is 9.90 Å². The number of hydrogen-bond donors (Lipinski definition) is 1. The highest BCUT2D eigenvalue weighted by Gasteiger charge is 2.34. The molecule has 0 unspecified atom stereocenters. The van der Waals surface area contributed by atoms with E-state index in [1.807, 2.05) is 60.7 Å². The Kier molecular flexibility index (Phi) is 6.27. The van der Waals surface area contributed by atoms with Crippen LogP contribution in [0, 0.1) is 0 Å². The van der Waals surface area contributed by atoms with Gasteiger partial charge in [0.1, 0.15) is 18.5 Å². The van der Waals surface area contributed by atoms with E-state index < -0.39 is 18.2 Å². The Morgan fingerprint density at radius 1 is 1.30 bits per heavy atom. The van der Waals surface area contributed by atoms with E-state index in [1.165, 1.54) is 6.92 Å².